The molecule has 0 aliphatic carbocycles. The number of allylic oxidation sites excluding steroid dienone is 12. The van der Waals surface area contributed by atoms with E-state index in [0.717, 1.165) is 89.9 Å². The predicted octanol–water partition coefficient (Wildman–Crippen LogP) is 17.0. The fourth-order valence-corrected chi connectivity index (χ4v) is 7.15. The molecule has 0 radical (unpaired) electrons. The summed E-state index contributed by atoms with van der Waals surface area (Å²) in [5.74, 6) is -0.917. The summed E-state index contributed by atoms with van der Waals surface area (Å²) in [6.07, 6.45) is 63.1. The van der Waals surface area contributed by atoms with Crippen LogP contribution in [0, 0.1) is 0 Å². The van der Waals surface area contributed by atoms with Crippen LogP contribution in [-0.2, 0) is 28.6 Å². The Bertz CT molecular complexity index is 1180. The Morgan fingerprint density at radius 2 is 0.629 bits per heavy atom. The van der Waals surface area contributed by atoms with Gasteiger partial charge in [-0.05, 0) is 64.2 Å². The average molecular weight is 865 g/mol. The molecule has 0 spiro atoms. The topological polar surface area (TPSA) is 78.9 Å². The Labute approximate surface area is 382 Å². The summed E-state index contributed by atoms with van der Waals surface area (Å²) >= 11 is 0. The minimum absolute atomic E-state index is 0.0859. The lowest BCUT2D eigenvalue weighted by molar-refractivity contribution is -0.167. The number of carbonyl (C=O) groups excluding carboxylic acids is 3. The van der Waals surface area contributed by atoms with Gasteiger partial charge in [0.05, 0.1) is 0 Å². The molecule has 0 bridgehead atoms. The van der Waals surface area contributed by atoms with Gasteiger partial charge in [0, 0.05) is 19.3 Å². The van der Waals surface area contributed by atoms with E-state index < -0.39 is 6.10 Å². The van der Waals surface area contributed by atoms with Crippen LogP contribution in [0.2, 0.25) is 0 Å². The number of ether oxygens (including phenoxy) is 3. The molecule has 0 aromatic heterocycles. The van der Waals surface area contributed by atoms with E-state index in [1.165, 1.54) is 116 Å². The first-order valence-electron chi connectivity index (χ1n) is 26.0. The van der Waals surface area contributed by atoms with E-state index in [4.69, 9.17) is 14.2 Å². The monoisotopic (exact) mass is 865 g/mol. The molecule has 0 saturated carbocycles. The van der Waals surface area contributed by atoms with Gasteiger partial charge in [-0.3, -0.25) is 14.4 Å². The van der Waals surface area contributed by atoms with Crippen molar-refractivity contribution in [2.75, 3.05) is 13.2 Å². The van der Waals surface area contributed by atoms with Gasteiger partial charge in [-0.1, -0.05) is 235 Å². The Balaban J connectivity index is 4.42. The SMILES string of the molecule is CC\C=C/C=C\C=C/CCCCCCCCCC(=O)OC(COC(=O)CCCCCCC\C=C/C=C\C=C/CCCCCCC)COC(=O)CCCCCCCCCCCCC. The third-order valence-electron chi connectivity index (χ3n) is 11.1. The summed E-state index contributed by atoms with van der Waals surface area (Å²) in [6.45, 7) is 6.46. The van der Waals surface area contributed by atoms with Gasteiger partial charge in [-0.2, -0.15) is 0 Å². The van der Waals surface area contributed by atoms with Crippen molar-refractivity contribution in [2.24, 2.45) is 0 Å². The third kappa shape index (κ3) is 47.9. The molecule has 0 rings (SSSR count). The van der Waals surface area contributed by atoms with Crippen molar-refractivity contribution in [1.29, 1.82) is 0 Å². The zero-order valence-electron chi connectivity index (χ0n) is 40.6. The molecule has 1 atom stereocenters. The molecule has 0 aromatic rings. The van der Waals surface area contributed by atoms with Crippen LogP contribution in [0.15, 0.2) is 72.9 Å². The Morgan fingerprint density at radius 3 is 0.968 bits per heavy atom. The molecule has 356 valence electrons. The average Bonchev–Trinajstić information content (AvgIpc) is 3.27. The predicted molar refractivity (Wildman–Crippen MR) is 265 cm³/mol. The molecular formula is C56H96O6. The molecule has 0 heterocycles. The van der Waals surface area contributed by atoms with E-state index in [0.29, 0.717) is 19.3 Å². The van der Waals surface area contributed by atoms with Crippen molar-refractivity contribution in [1.82, 2.24) is 0 Å². The Kier molecular flexibility index (Phi) is 47.9. The second-order valence-electron chi connectivity index (χ2n) is 17.2. The van der Waals surface area contributed by atoms with Crippen LogP contribution >= 0.6 is 0 Å². The molecule has 0 aliphatic rings. The van der Waals surface area contributed by atoms with E-state index in [9.17, 15) is 14.4 Å². The summed E-state index contributed by atoms with van der Waals surface area (Å²) in [7, 11) is 0. The summed E-state index contributed by atoms with van der Waals surface area (Å²) < 4.78 is 16.8. The Morgan fingerprint density at radius 1 is 0.339 bits per heavy atom. The largest absolute Gasteiger partial charge is 0.462 e. The fourth-order valence-electron chi connectivity index (χ4n) is 7.15. The molecule has 0 fully saturated rings. The molecule has 0 aliphatic heterocycles. The number of rotatable bonds is 46. The highest BCUT2D eigenvalue weighted by Crippen LogP contribution is 2.15. The van der Waals surface area contributed by atoms with E-state index >= 15 is 0 Å². The molecule has 0 aromatic carbocycles. The summed E-state index contributed by atoms with van der Waals surface area (Å²) in [6, 6.07) is 0. The zero-order valence-corrected chi connectivity index (χ0v) is 40.6. The molecule has 62 heavy (non-hydrogen) atoms. The minimum atomic E-state index is -0.788. The van der Waals surface area contributed by atoms with E-state index in [1.54, 1.807) is 0 Å². The lowest BCUT2D eigenvalue weighted by Gasteiger charge is -2.18. The van der Waals surface area contributed by atoms with E-state index in [-0.39, 0.29) is 31.1 Å². The maximum Gasteiger partial charge on any atom is 0.306 e. The minimum Gasteiger partial charge on any atom is -0.462 e. The molecule has 6 heteroatoms. The highest BCUT2D eigenvalue weighted by atomic mass is 16.6. The number of esters is 3. The van der Waals surface area contributed by atoms with Gasteiger partial charge in [0.1, 0.15) is 13.2 Å². The zero-order chi connectivity index (χ0) is 45.1. The van der Waals surface area contributed by atoms with Gasteiger partial charge in [-0.15, -0.1) is 0 Å². The first kappa shape index (κ1) is 58.9. The van der Waals surface area contributed by atoms with Crippen LogP contribution in [0.25, 0.3) is 0 Å². The molecule has 0 saturated heterocycles. The van der Waals surface area contributed by atoms with E-state index in [1.807, 2.05) is 0 Å². The molecule has 0 N–H and O–H groups in total. The summed E-state index contributed by atoms with van der Waals surface area (Å²) in [4.78, 5) is 38.0. The maximum absolute atomic E-state index is 12.8. The van der Waals surface area contributed by atoms with Crippen LogP contribution in [-0.4, -0.2) is 37.2 Å². The molecule has 0 amide bonds. The van der Waals surface area contributed by atoms with Crippen molar-refractivity contribution in [2.45, 2.75) is 252 Å². The molecular weight excluding hydrogens is 769 g/mol. The quantitative estimate of drug-likeness (QED) is 0.0262. The van der Waals surface area contributed by atoms with Crippen molar-refractivity contribution >= 4 is 17.9 Å². The van der Waals surface area contributed by atoms with Gasteiger partial charge < -0.3 is 14.2 Å². The molecule has 6 nitrogen and oxygen atoms in total. The highest BCUT2D eigenvalue weighted by molar-refractivity contribution is 5.71. The number of hydrogen-bond donors (Lipinski definition) is 0. The van der Waals surface area contributed by atoms with Gasteiger partial charge in [0.2, 0.25) is 0 Å². The third-order valence-corrected chi connectivity index (χ3v) is 11.1. The first-order valence-corrected chi connectivity index (χ1v) is 26.0. The molecule has 1 unspecified atom stereocenters. The highest BCUT2D eigenvalue weighted by Gasteiger charge is 2.19. The summed E-state index contributed by atoms with van der Waals surface area (Å²) in [5, 5.41) is 0. The van der Waals surface area contributed by atoms with E-state index in [2.05, 4.69) is 93.7 Å². The van der Waals surface area contributed by atoms with Crippen molar-refractivity contribution < 1.29 is 28.6 Å². The first-order chi connectivity index (χ1) is 30.5. The van der Waals surface area contributed by atoms with Crippen LogP contribution in [0.5, 0.6) is 0 Å². The van der Waals surface area contributed by atoms with Crippen molar-refractivity contribution in [3.05, 3.63) is 72.9 Å². The second-order valence-corrected chi connectivity index (χ2v) is 17.2. The van der Waals surface area contributed by atoms with Gasteiger partial charge in [-0.25, -0.2) is 0 Å². The maximum atomic E-state index is 12.8. The number of hydrogen-bond acceptors (Lipinski definition) is 6. The Hall–Kier alpha value is -3.15. The van der Waals surface area contributed by atoms with Crippen LogP contribution in [0.4, 0.5) is 0 Å². The van der Waals surface area contributed by atoms with Crippen LogP contribution in [0.3, 0.4) is 0 Å². The summed E-state index contributed by atoms with van der Waals surface area (Å²) in [5.41, 5.74) is 0. The standard InChI is InChI=1S/C56H96O6/c1-4-7-10-13-16-19-22-24-26-27-28-30-31-34-37-40-43-46-49-55(58)61-52-53(51-60-54(57)48-45-42-39-36-33-21-18-15-12-9-6-3)62-56(59)50-47-44-41-38-35-32-29-25-23-20-17-14-11-8-5-2/h8,11,14,17,20,22-24,26-28,30,53H,4-7,9-10,12-13,15-16,18-19,21,25,29,31-52H2,1-3H3/b11-8-,17-14-,23-20-,24-22-,27-26-,30-28-. The van der Waals surface area contributed by atoms with Gasteiger partial charge in [0.25, 0.3) is 0 Å². The van der Waals surface area contributed by atoms with Crippen LogP contribution in [0.1, 0.15) is 245 Å². The fraction of sp³-hybridized carbons (Fsp3) is 0.732. The normalized spacial score (nSPS) is 12.6. The second kappa shape index (κ2) is 50.5. The number of unbranched alkanes of at least 4 members (excludes halogenated alkanes) is 27. The van der Waals surface area contributed by atoms with Crippen LogP contribution < -0.4 is 0 Å². The lowest BCUT2D eigenvalue weighted by atomic mass is 10.1. The smallest absolute Gasteiger partial charge is 0.306 e. The van der Waals surface area contributed by atoms with Crippen molar-refractivity contribution in [3.8, 4) is 0 Å². The van der Waals surface area contributed by atoms with Gasteiger partial charge in [0.15, 0.2) is 6.10 Å². The lowest BCUT2D eigenvalue weighted by Crippen LogP contribution is -2.30. The number of carbonyl (C=O) groups is 3. The van der Waals surface area contributed by atoms with Crippen molar-refractivity contribution in [3.63, 3.8) is 0 Å². The van der Waals surface area contributed by atoms with Gasteiger partial charge >= 0.3 is 17.9 Å².